The molecule has 0 saturated carbocycles. The molecule has 0 amide bonds. The van der Waals surface area contributed by atoms with Gasteiger partial charge in [0.05, 0.1) is 17.7 Å². The van der Waals surface area contributed by atoms with Crippen LogP contribution in [0.15, 0.2) is 65.6 Å². The molecule has 3 rings (SSSR count). The second kappa shape index (κ2) is 7.40. The molecule has 0 unspecified atom stereocenters. The van der Waals surface area contributed by atoms with E-state index < -0.39 is 10.0 Å². The molecule has 2 aromatic carbocycles. The van der Waals surface area contributed by atoms with E-state index in [1.807, 2.05) is 19.1 Å². The lowest BCUT2D eigenvalue weighted by Crippen LogP contribution is -2.13. The lowest BCUT2D eigenvalue weighted by atomic mass is 10.3. The molecule has 7 nitrogen and oxygen atoms in total. The van der Waals surface area contributed by atoms with Crippen molar-refractivity contribution in [2.75, 3.05) is 17.1 Å². The number of anilines is 3. The number of benzene rings is 2. The zero-order valence-corrected chi connectivity index (χ0v) is 15.1. The third-order valence-electron chi connectivity index (χ3n) is 3.56. The first-order valence-corrected chi connectivity index (χ1v) is 9.29. The van der Waals surface area contributed by atoms with Gasteiger partial charge in [-0.2, -0.15) is 5.10 Å². The predicted molar refractivity (Wildman–Crippen MR) is 100 cm³/mol. The van der Waals surface area contributed by atoms with Crippen molar-refractivity contribution in [3.8, 4) is 5.75 Å². The van der Waals surface area contributed by atoms with Crippen LogP contribution in [0.1, 0.15) is 5.69 Å². The van der Waals surface area contributed by atoms with Crippen LogP contribution < -0.4 is 14.8 Å². The van der Waals surface area contributed by atoms with Gasteiger partial charge < -0.3 is 10.1 Å². The van der Waals surface area contributed by atoms with Crippen LogP contribution in [0.25, 0.3) is 0 Å². The molecule has 2 N–H and O–H groups in total. The highest BCUT2D eigenvalue weighted by molar-refractivity contribution is 7.92. The molecule has 8 heteroatoms. The molecule has 0 saturated heterocycles. The summed E-state index contributed by atoms with van der Waals surface area (Å²) in [5, 5.41) is 11.1. The Labute approximate surface area is 152 Å². The van der Waals surface area contributed by atoms with Crippen LogP contribution >= 0.6 is 0 Å². The summed E-state index contributed by atoms with van der Waals surface area (Å²) in [6, 6.07) is 16.8. The lowest BCUT2D eigenvalue weighted by molar-refractivity contribution is 0.413. The van der Waals surface area contributed by atoms with Crippen molar-refractivity contribution in [2.45, 2.75) is 11.8 Å². The van der Waals surface area contributed by atoms with Crippen LogP contribution in [0.4, 0.5) is 17.2 Å². The molecule has 134 valence electrons. The molecular weight excluding hydrogens is 352 g/mol. The Hall–Kier alpha value is -3.13. The summed E-state index contributed by atoms with van der Waals surface area (Å²) in [6.07, 6.45) is 0. The number of hydrogen-bond acceptors (Lipinski definition) is 6. The molecule has 0 atom stereocenters. The first-order valence-electron chi connectivity index (χ1n) is 7.80. The van der Waals surface area contributed by atoms with Gasteiger partial charge in [0.2, 0.25) is 0 Å². The Kier molecular flexibility index (Phi) is 5.04. The van der Waals surface area contributed by atoms with E-state index in [-0.39, 0.29) is 4.90 Å². The van der Waals surface area contributed by atoms with Crippen LogP contribution in [0.2, 0.25) is 0 Å². The molecular formula is C18H18N4O3S. The summed E-state index contributed by atoms with van der Waals surface area (Å²) in [5.41, 5.74) is 2.05. The Bertz CT molecular complexity index is 988. The van der Waals surface area contributed by atoms with Gasteiger partial charge in [-0.3, -0.25) is 4.72 Å². The maximum atomic E-state index is 12.5. The van der Waals surface area contributed by atoms with E-state index in [9.17, 15) is 8.42 Å². The molecule has 0 aliphatic heterocycles. The zero-order valence-electron chi connectivity index (χ0n) is 14.3. The summed E-state index contributed by atoms with van der Waals surface area (Å²) >= 11 is 0. The maximum Gasteiger partial charge on any atom is 0.262 e. The van der Waals surface area contributed by atoms with E-state index in [1.54, 1.807) is 36.4 Å². The summed E-state index contributed by atoms with van der Waals surface area (Å²) < 4.78 is 32.6. The minimum absolute atomic E-state index is 0.133. The van der Waals surface area contributed by atoms with E-state index in [4.69, 9.17) is 4.74 Å². The molecule has 0 aliphatic rings. The standard InChI is InChI=1S/C18H18N4O3S/c1-13-6-11-18(21-20-13)19-14-7-9-15(10-8-14)22-26(23,24)17-5-3-4-16(12-17)25-2/h3-12,22H,1-2H3,(H,19,21). The van der Waals surface area contributed by atoms with Gasteiger partial charge in [-0.1, -0.05) is 6.07 Å². The van der Waals surface area contributed by atoms with Crippen LogP contribution in [0.5, 0.6) is 5.75 Å². The van der Waals surface area contributed by atoms with Gasteiger partial charge in [0, 0.05) is 17.4 Å². The molecule has 26 heavy (non-hydrogen) atoms. The van der Waals surface area contributed by atoms with Crippen LogP contribution in [0, 0.1) is 6.92 Å². The Morgan fingerprint density at radius 3 is 2.31 bits per heavy atom. The first-order chi connectivity index (χ1) is 12.5. The normalized spacial score (nSPS) is 11.0. The number of sulfonamides is 1. The Balaban J connectivity index is 1.73. The lowest BCUT2D eigenvalue weighted by Gasteiger charge is -2.10. The third-order valence-corrected chi connectivity index (χ3v) is 4.94. The number of ether oxygens (including phenoxy) is 1. The van der Waals surface area contributed by atoms with Crippen molar-refractivity contribution in [3.63, 3.8) is 0 Å². The molecule has 1 heterocycles. The summed E-state index contributed by atoms with van der Waals surface area (Å²) in [4.78, 5) is 0.133. The highest BCUT2D eigenvalue weighted by Crippen LogP contribution is 2.22. The second-order valence-electron chi connectivity index (χ2n) is 5.55. The van der Waals surface area contributed by atoms with E-state index in [2.05, 4.69) is 20.2 Å². The van der Waals surface area contributed by atoms with E-state index >= 15 is 0 Å². The van der Waals surface area contributed by atoms with Crippen molar-refractivity contribution in [3.05, 3.63) is 66.4 Å². The summed E-state index contributed by atoms with van der Waals surface area (Å²) in [5.74, 6) is 1.09. The average molecular weight is 370 g/mol. The van der Waals surface area contributed by atoms with E-state index in [0.717, 1.165) is 11.4 Å². The zero-order chi connectivity index (χ0) is 18.6. The number of aryl methyl sites for hydroxylation is 1. The number of nitrogens with zero attached hydrogens (tertiary/aromatic N) is 2. The van der Waals surface area contributed by atoms with Crippen molar-refractivity contribution in [2.24, 2.45) is 0 Å². The number of hydrogen-bond donors (Lipinski definition) is 2. The van der Waals surface area contributed by atoms with Gasteiger partial charge in [0.15, 0.2) is 5.82 Å². The number of rotatable bonds is 6. The van der Waals surface area contributed by atoms with E-state index in [1.165, 1.54) is 19.2 Å². The molecule has 1 aromatic heterocycles. The third kappa shape index (κ3) is 4.28. The molecule has 0 radical (unpaired) electrons. The van der Waals surface area contributed by atoms with Gasteiger partial charge in [-0.15, -0.1) is 5.10 Å². The van der Waals surface area contributed by atoms with Crippen LogP contribution in [-0.2, 0) is 10.0 Å². The highest BCUT2D eigenvalue weighted by atomic mass is 32.2. The number of methoxy groups -OCH3 is 1. The predicted octanol–water partition coefficient (Wildman–Crippen LogP) is 3.34. The number of nitrogens with one attached hydrogen (secondary N) is 2. The van der Waals surface area contributed by atoms with E-state index in [0.29, 0.717) is 17.3 Å². The minimum Gasteiger partial charge on any atom is -0.497 e. The quantitative estimate of drug-likeness (QED) is 0.691. The van der Waals surface area contributed by atoms with Gasteiger partial charge in [-0.25, -0.2) is 8.42 Å². The van der Waals surface area contributed by atoms with Crippen molar-refractivity contribution >= 4 is 27.2 Å². The molecule has 3 aromatic rings. The van der Waals surface area contributed by atoms with Crippen LogP contribution in [-0.4, -0.2) is 25.7 Å². The Morgan fingerprint density at radius 2 is 1.65 bits per heavy atom. The van der Waals surface area contributed by atoms with Gasteiger partial charge in [-0.05, 0) is 55.5 Å². The van der Waals surface area contributed by atoms with Gasteiger partial charge in [0.1, 0.15) is 5.75 Å². The van der Waals surface area contributed by atoms with Crippen molar-refractivity contribution < 1.29 is 13.2 Å². The topological polar surface area (TPSA) is 93.2 Å². The van der Waals surface area contributed by atoms with Gasteiger partial charge in [0.25, 0.3) is 10.0 Å². The largest absolute Gasteiger partial charge is 0.497 e. The molecule has 0 fully saturated rings. The fourth-order valence-corrected chi connectivity index (χ4v) is 3.31. The highest BCUT2D eigenvalue weighted by Gasteiger charge is 2.14. The van der Waals surface area contributed by atoms with Crippen molar-refractivity contribution in [1.29, 1.82) is 0 Å². The molecule has 0 aliphatic carbocycles. The monoisotopic (exact) mass is 370 g/mol. The van der Waals surface area contributed by atoms with Crippen molar-refractivity contribution in [1.82, 2.24) is 10.2 Å². The fourth-order valence-electron chi connectivity index (χ4n) is 2.22. The van der Waals surface area contributed by atoms with Gasteiger partial charge >= 0.3 is 0 Å². The number of aromatic nitrogens is 2. The summed E-state index contributed by atoms with van der Waals surface area (Å²) in [7, 11) is -2.21. The molecule has 0 bridgehead atoms. The minimum atomic E-state index is -3.70. The first kappa shape index (κ1) is 17.7. The average Bonchev–Trinajstić information content (AvgIpc) is 2.65. The van der Waals surface area contributed by atoms with Crippen LogP contribution in [0.3, 0.4) is 0 Å². The molecule has 0 spiro atoms. The maximum absolute atomic E-state index is 12.5. The smallest absolute Gasteiger partial charge is 0.262 e. The SMILES string of the molecule is COc1cccc(S(=O)(=O)Nc2ccc(Nc3ccc(C)nn3)cc2)c1. The fraction of sp³-hybridized carbons (Fsp3) is 0.111. The summed E-state index contributed by atoms with van der Waals surface area (Å²) in [6.45, 7) is 1.86. The second-order valence-corrected chi connectivity index (χ2v) is 7.23. The Morgan fingerprint density at radius 1 is 0.923 bits per heavy atom.